The third kappa shape index (κ3) is 4.72. The van der Waals surface area contributed by atoms with E-state index in [1.807, 2.05) is 30.3 Å². The van der Waals surface area contributed by atoms with Crippen LogP contribution in [0.4, 0.5) is 13.2 Å². The van der Waals surface area contributed by atoms with Crippen molar-refractivity contribution in [1.29, 1.82) is 0 Å². The molecule has 0 saturated carbocycles. The van der Waals surface area contributed by atoms with Crippen LogP contribution in [0.15, 0.2) is 60.7 Å². The maximum atomic E-state index is 12.6. The van der Waals surface area contributed by atoms with Crippen molar-refractivity contribution in [3.8, 4) is 0 Å². The largest absolute Gasteiger partial charge is 0.465 e. The molecule has 0 spiro atoms. The van der Waals surface area contributed by atoms with Gasteiger partial charge < -0.3 is 4.74 Å². The van der Waals surface area contributed by atoms with Gasteiger partial charge in [-0.1, -0.05) is 48.5 Å². The molecule has 0 aliphatic heterocycles. The lowest BCUT2D eigenvalue weighted by atomic mass is 10.0. The summed E-state index contributed by atoms with van der Waals surface area (Å²) in [5.41, 5.74) is 1.04. The molecule has 2 rings (SSSR count). The van der Waals surface area contributed by atoms with Crippen molar-refractivity contribution < 1.29 is 22.7 Å². The quantitative estimate of drug-likeness (QED) is 0.574. The molecule has 0 aliphatic rings. The van der Waals surface area contributed by atoms with Crippen molar-refractivity contribution in [2.24, 2.45) is 0 Å². The van der Waals surface area contributed by atoms with Crippen LogP contribution in [-0.2, 0) is 22.1 Å². The van der Waals surface area contributed by atoms with E-state index >= 15 is 0 Å². The van der Waals surface area contributed by atoms with Crippen LogP contribution in [0.3, 0.4) is 0 Å². The van der Waals surface area contributed by atoms with Gasteiger partial charge in [0.25, 0.3) is 0 Å². The Morgan fingerprint density at radius 1 is 1.04 bits per heavy atom. The van der Waals surface area contributed by atoms with E-state index in [1.54, 1.807) is 6.08 Å². The molecule has 0 fully saturated rings. The van der Waals surface area contributed by atoms with Gasteiger partial charge in [-0.3, -0.25) is 0 Å². The van der Waals surface area contributed by atoms with Crippen LogP contribution < -0.4 is 0 Å². The van der Waals surface area contributed by atoms with E-state index in [0.717, 1.165) is 24.1 Å². The number of hydrogen-bond donors (Lipinski definition) is 0. The Bertz CT molecular complexity index is 702. The molecule has 0 aliphatic carbocycles. The van der Waals surface area contributed by atoms with Crippen LogP contribution in [0, 0.1) is 0 Å². The minimum atomic E-state index is -4.40. The predicted molar refractivity (Wildman–Crippen MR) is 86.2 cm³/mol. The standard InChI is InChI=1S/C19H17F3O2/c1-24-18(23)17(9-5-8-14-6-3-2-4-7-14)15-10-12-16(13-11-15)19(20,21)22/h2-4,6-7,9-13H,5,8H2,1H3/b17-9+. The Kier molecular flexibility index (Phi) is 5.79. The van der Waals surface area contributed by atoms with Crippen molar-refractivity contribution in [2.75, 3.05) is 7.11 Å². The van der Waals surface area contributed by atoms with Gasteiger partial charge in [0.2, 0.25) is 0 Å². The van der Waals surface area contributed by atoms with Crippen molar-refractivity contribution in [3.05, 3.63) is 77.4 Å². The lowest BCUT2D eigenvalue weighted by Gasteiger charge is -2.09. The van der Waals surface area contributed by atoms with Crippen molar-refractivity contribution >= 4 is 11.5 Å². The first-order chi connectivity index (χ1) is 11.4. The summed E-state index contributed by atoms with van der Waals surface area (Å²) in [6.07, 6.45) is -1.40. The van der Waals surface area contributed by atoms with Gasteiger partial charge >= 0.3 is 12.1 Å². The summed E-state index contributed by atoms with van der Waals surface area (Å²) in [5, 5.41) is 0. The molecule has 0 aromatic heterocycles. The molecule has 2 aromatic rings. The van der Waals surface area contributed by atoms with Crippen LogP contribution in [0.2, 0.25) is 0 Å². The first-order valence-electron chi connectivity index (χ1n) is 7.42. The Balaban J connectivity index is 2.19. The van der Waals surface area contributed by atoms with Gasteiger partial charge in [-0.15, -0.1) is 0 Å². The van der Waals surface area contributed by atoms with Crippen molar-refractivity contribution in [3.63, 3.8) is 0 Å². The summed E-state index contributed by atoms with van der Waals surface area (Å²) in [7, 11) is 1.25. The molecule has 0 radical (unpaired) electrons. The SMILES string of the molecule is COC(=O)/C(=C/CCc1ccccc1)c1ccc(C(F)(F)F)cc1. The number of hydrogen-bond acceptors (Lipinski definition) is 2. The third-order valence-corrected chi connectivity index (χ3v) is 3.55. The van der Waals surface area contributed by atoms with Gasteiger partial charge in [0.05, 0.1) is 18.2 Å². The van der Waals surface area contributed by atoms with E-state index in [0.29, 0.717) is 12.0 Å². The maximum absolute atomic E-state index is 12.6. The van der Waals surface area contributed by atoms with Gasteiger partial charge in [0.1, 0.15) is 0 Å². The highest BCUT2D eigenvalue weighted by atomic mass is 19.4. The smallest absolute Gasteiger partial charge is 0.416 e. The van der Waals surface area contributed by atoms with E-state index < -0.39 is 17.7 Å². The van der Waals surface area contributed by atoms with Crippen LogP contribution in [0.25, 0.3) is 5.57 Å². The lowest BCUT2D eigenvalue weighted by molar-refractivity contribution is -0.137. The van der Waals surface area contributed by atoms with Crippen LogP contribution in [-0.4, -0.2) is 13.1 Å². The summed E-state index contributed by atoms with van der Waals surface area (Å²) >= 11 is 0. The number of aryl methyl sites for hydroxylation is 1. The summed E-state index contributed by atoms with van der Waals surface area (Å²) in [4.78, 5) is 11.9. The summed E-state index contributed by atoms with van der Waals surface area (Å²) in [6.45, 7) is 0. The summed E-state index contributed by atoms with van der Waals surface area (Å²) in [6, 6.07) is 14.2. The van der Waals surface area contributed by atoms with Crippen molar-refractivity contribution in [2.45, 2.75) is 19.0 Å². The minimum absolute atomic E-state index is 0.266. The number of esters is 1. The van der Waals surface area contributed by atoms with Gasteiger partial charge in [0.15, 0.2) is 0 Å². The Morgan fingerprint density at radius 3 is 2.21 bits per heavy atom. The fourth-order valence-electron chi connectivity index (χ4n) is 2.30. The normalized spacial score (nSPS) is 12.1. The zero-order chi connectivity index (χ0) is 17.6. The fraction of sp³-hybridized carbons (Fsp3) is 0.211. The molecule has 0 heterocycles. The number of carbonyl (C=O) groups is 1. The molecular weight excluding hydrogens is 317 g/mol. The van der Waals surface area contributed by atoms with E-state index in [1.165, 1.54) is 19.2 Å². The highest BCUT2D eigenvalue weighted by molar-refractivity contribution is 6.16. The Morgan fingerprint density at radius 2 is 1.67 bits per heavy atom. The predicted octanol–water partition coefficient (Wildman–Crippen LogP) is 4.89. The van der Waals surface area contributed by atoms with Gasteiger partial charge in [-0.2, -0.15) is 13.2 Å². The molecule has 24 heavy (non-hydrogen) atoms. The second-order valence-corrected chi connectivity index (χ2v) is 5.21. The monoisotopic (exact) mass is 334 g/mol. The number of benzene rings is 2. The topological polar surface area (TPSA) is 26.3 Å². The van der Waals surface area contributed by atoms with E-state index in [4.69, 9.17) is 4.74 Å². The van der Waals surface area contributed by atoms with E-state index in [9.17, 15) is 18.0 Å². The average Bonchev–Trinajstić information content (AvgIpc) is 2.58. The van der Waals surface area contributed by atoms with Gasteiger partial charge in [0, 0.05) is 0 Å². The number of halogens is 3. The first kappa shape index (κ1) is 17.8. The van der Waals surface area contributed by atoms with E-state index in [2.05, 4.69) is 0 Å². The zero-order valence-electron chi connectivity index (χ0n) is 13.1. The van der Waals surface area contributed by atoms with Crippen LogP contribution in [0.5, 0.6) is 0 Å². The van der Waals surface area contributed by atoms with Gasteiger partial charge in [-0.05, 0) is 36.1 Å². The zero-order valence-corrected chi connectivity index (χ0v) is 13.1. The third-order valence-electron chi connectivity index (χ3n) is 3.55. The number of allylic oxidation sites excluding steroid dienone is 1. The highest BCUT2D eigenvalue weighted by Crippen LogP contribution is 2.30. The molecule has 5 heteroatoms. The summed E-state index contributed by atoms with van der Waals surface area (Å²) < 4.78 is 42.6. The number of methoxy groups -OCH3 is 1. The van der Waals surface area contributed by atoms with Crippen LogP contribution >= 0.6 is 0 Å². The minimum Gasteiger partial charge on any atom is -0.465 e. The second kappa shape index (κ2) is 7.81. The average molecular weight is 334 g/mol. The molecule has 0 bridgehead atoms. The molecular formula is C19H17F3O2. The fourth-order valence-corrected chi connectivity index (χ4v) is 2.30. The molecule has 0 atom stereocenters. The van der Waals surface area contributed by atoms with Crippen molar-refractivity contribution in [1.82, 2.24) is 0 Å². The Labute approximate surface area is 138 Å². The molecule has 0 N–H and O–H groups in total. The molecule has 0 amide bonds. The Hall–Kier alpha value is -2.56. The van der Waals surface area contributed by atoms with E-state index in [-0.39, 0.29) is 5.57 Å². The maximum Gasteiger partial charge on any atom is 0.416 e. The number of rotatable bonds is 5. The number of ether oxygens (including phenoxy) is 1. The molecule has 0 saturated heterocycles. The van der Waals surface area contributed by atoms with Gasteiger partial charge in [-0.25, -0.2) is 4.79 Å². The first-order valence-corrected chi connectivity index (χ1v) is 7.42. The van der Waals surface area contributed by atoms with Crippen LogP contribution in [0.1, 0.15) is 23.1 Å². The molecule has 2 aromatic carbocycles. The number of alkyl halides is 3. The highest BCUT2D eigenvalue weighted by Gasteiger charge is 2.30. The molecule has 2 nitrogen and oxygen atoms in total. The molecule has 126 valence electrons. The summed E-state index contributed by atoms with van der Waals surface area (Å²) in [5.74, 6) is -0.567. The lowest BCUT2D eigenvalue weighted by Crippen LogP contribution is -2.07. The number of carbonyl (C=O) groups excluding carboxylic acids is 1. The second-order valence-electron chi connectivity index (χ2n) is 5.21. The molecule has 0 unspecified atom stereocenters.